The topological polar surface area (TPSA) is 81.8 Å². The average molecular weight is 431 g/mol. The molecular formula is C22H30N4O3S. The van der Waals surface area contributed by atoms with Crippen LogP contribution in [0.15, 0.2) is 59.5 Å². The quantitative estimate of drug-likeness (QED) is 0.701. The highest BCUT2D eigenvalue weighted by Gasteiger charge is 2.21. The second-order valence-corrected chi connectivity index (χ2v) is 9.83. The summed E-state index contributed by atoms with van der Waals surface area (Å²) in [6, 6.07) is 16.2. The molecular weight excluding hydrogens is 400 g/mol. The van der Waals surface area contributed by atoms with E-state index in [2.05, 4.69) is 27.5 Å². The fourth-order valence-corrected chi connectivity index (χ4v) is 4.08. The van der Waals surface area contributed by atoms with E-state index in [1.165, 1.54) is 6.26 Å². The zero-order valence-electron chi connectivity index (χ0n) is 17.5. The lowest BCUT2D eigenvalue weighted by Crippen LogP contribution is -2.48. The van der Waals surface area contributed by atoms with Crippen molar-refractivity contribution in [1.29, 1.82) is 0 Å². The van der Waals surface area contributed by atoms with Crippen LogP contribution in [0.25, 0.3) is 0 Å². The van der Waals surface area contributed by atoms with Crippen LogP contribution in [0.1, 0.15) is 17.2 Å². The number of amides is 2. The van der Waals surface area contributed by atoms with Gasteiger partial charge in [0.25, 0.3) is 0 Å². The van der Waals surface area contributed by atoms with Crippen LogP contribution in [0.3, 0.4) is 0 Å². The van der Waals surface area contributed by atoms with Gasteiger partial charge in [0.05, 0.1) is 10.9 Å². The highest BCUT2D eigenvalue weighted by Crippen LogP contribution is 2.16. The highest BCUT2D eigenvalue weighted by molar-refractivity contribution is 7.90. The van der Waals surface area contributed by atoms with E-state index in [1.807, 2.05) is 30.3 Å². The van der Waals surface area contributed by atoms with Crippen LogP contribution in [0.5, 0.6) is 0 Å². The van der Waals surface area contributed by atoms with Gasteiger partial charge in [0, 0.05) is 45.5 Å². The summed E-state index contributed by atoms with van der Waals surface area (Å²) in [6.07, 6.45) is 1.18. The molecule has 8 heteroatoms. The summed E-state index contributed by atoms with van der Waals surface area (Å²) in [4.78, 5) is 17.5. The lowest BCUT2D eigenvalue weighted by molar-refractivity contribution is 0.142. The van der Waals surface area contributed by atoms with Gasteiger partial charge in [0.1, 0.15) is 0 Å². The molecule has 0 aliphatic carbocycles. The minimum atomic E-state index is -3.22. The summed E-state index contributed by atoms with van der Waals surface area (Å²) in [7, 11) is -1.10. The van der Waals surface area contributed by atoms with Gasteiger partial charge >= 0.3 is 6.03 Å². The van der Waals surface area contributed by atoms with E-state index in [4.69, 9.17) is 0 Å². The first kappa shape index (κ1) is 22.3. The monoisotopic (exact) mass is 430 g/mol. The summed E-state index contributed by atoms with van der Waals surface area (Å²) >= 11 is 0. The van der Waals surface area contributed by atoms with Crippen molar-refractivity contribution in [2.24, 2.45) is 0 Å². The van der Waals surface area contributed by atoms with Crippen molar-refractivity contribution in [1.82, 2.24) is 20.4 Å². The highest BCUT2D eigenvalue weighted by atomic mass is 32.2. The van der Waals surface area contributed by atoms with E-state index in [0.717, 1.165) is 43.9 Å². The fraction of sp³-hybridized carbons (Fsp3) is 0.409. The van der Waals surface area contributed by atoms with Gasteiger partial charge in [-0.25, -0.2) is 13.2 Å². The lowest BCUT2D eigenvalue weighted by atomic mass is 10.1. The van der Waals surface area contributed by atoms with Crippen molar-refractivity contribution in [3.8, 4) is 0 Å². The number of likely N-dealkylation sites (N-methyl/N-ethyl adjacent to an activating group) is 1. The van der Waals surface area contributed by atoms with Gasteiger partial charge in [-0.15, -0.1) is 0 Å². The molecule has 0 aromatic heterocycles. The third kappa shape index (κ3) is 6.55. The maximum Gasteiger partial charge on any atom is 0.315 e. The molecule has 2 N–H and O–H groups in total. The molecule has 162 valence electrons. The normalized spacial score (nSPS) is 16.7. The Hall–Kier alpha value is -2.42. The number of nitrogens with one attached hydrogen (secondary N) is 2. The molecule has 0 bridgehead atoms. The molecule has 7 nitrogen and oxygen atoms in total. The van der Waals surface area contributed by atoms with Crippen molar-refractivity contribution in [3.63, 3.8) is 0 Å². The predicted octanol–water partition coefficient (Wildman–Crippen LogP) is 1.88. The fourth-order valence-electron chi connectivity index (χ4n) is 3.45. The summed E-state index contributed by atoms with van der Waals surface area (Å²) in [6.45, 7) is 5.10. The van der Waals surface area contributed by atoms with Crippen LogP contribution in [0, 0.1) is 0 Å². The van der Waals surface area contributed by atoms with Crippen LogP contribution in [0.2, 0.25) is 0 Å². The average Bonchev–Trinajstić information content (AvgIpc) is 2.73. The smallest absolute Gasteiger partial charge is 0.315 e. The molecule has 0 radical (unpaired) electrons. The second kappa shape index (κ2) is 10.1. The number of urea groups is 1. The Morgan fingerprint density at radius 3 is 2.23 bits per heavy atom. The van der Waals surface area contributed by atoms with Crippen LogP contribution < -0.4 is 10.6 Å². The molecule has 1 unspecified atom stereocenters. The van der Waals surface area contributed by atoms with Gasteiger partial charge in [-0.3, -0.25) is 4.90 Å². The number of rotatable bonds is 7. The molecule has 1 fully saturated rings. The zero-order chi connectivity index (χ0) is 21.6. The van der Waals surface area contributed by atoms with Crippen LogP contribution >= 0.6 is 0 Å². The largest absolute Gasteiger partial charge is 0.334 e. The maximum atomic E-state index is 12.6. The van der Waals surface area contributed by atoms with E-state index in [9.17, 15) is 13.2 Å². The number of benzene rings is 2. The van der Waals surface area contributed by atoms with Gasteiger partial charge < -0.3 is 15.5 Å². The number of sulfone groups is 1. The Labute approximate surface area is 179 Å². The first-order valence-corrected chi connectivity index (χ1v) is 12.0. The molecule has 2 aromatic carbocycles. The molecule has 2 amide bonds. The SMILES string of the molecule is CN1CCN(CC(NC(=O)NCc2ccc(S(C)(=O)=O)cc2)c2ccccc2)CC1. The molecule has 2 aromatic rings. The predicted molar refractivity (Wildman–Crippen MR) is 118 cm³/mol. The summed E-state index contributed by atoms with van der Waals surface area (Å²) in [5.74, 6) is 0. The number of piperazine rings is 1. The van der Waals surface area contributed by atoms with Crippen molar-refractivity contribution in [3.05, 3.63) is 65.7 Å². The summed E-state index contributed by atoms with van der Waals surface area (Å²) in [5.41, 5.74) is 1.91. The number of carbonyl (C=O) groups excluding carboxylic acids is 1. The minimum absolute atomic E-state index is 0.109. The number of hydrogen-bond donors (Lipinski definition) is 2. The molecule has 0 spiro atoms. The first-order chi connectivity index (χ1) is 14.3. The zero-order valence-corrected chi connectivity index (χ0v) is 18.4. The van der Waals surface area contributed by atoms with Gasteiger partial charge in [-0.1, -0.05) is 42.5 Å². The molecule has 3 rings (SSSR count). The lowest BCUT2D eigenvalue weighted by Gasteiger charge is -2.35. The Morgan fingerprint density at radius 1 is 1.00 bits per heavy atom. The van der Waals surface area contributed by atoms with Crippen LogP contribution in [-0.2, 0) is 16.4 Å². The Bertz CT molecular complexity index is 925. The summed E-state index contributed by atoms with van der Waals surface area (Å²) in [5, 5.41) is 5.97. The van der Waals surface area contributed by atoms with Crippen molar-refractivity contribution in [2.75, 3.05) is 46.0 Å². The van der Waals surface area contributed by atoms with Gasteiger partial charge in [0.2, 0.25) is 0 Å². The van der Waals surface area contributed by atoms with E-state index in [-0.39, 0.29) is 17.0 Å². The third-order valence-electron chi connectivity index (χ3n) is 5.35. The number of carbonyl (C=O) groups is 1. The van der Waals surface area contributed by atoms with Crippen molar-refractivity contribution in [2.45, 2.75) is 17.5 Å². The third-order valence-corrected chi connectivity index (χ3v) is 6.48. The summed E-state index contributed by atoms with van der Waals surface area (Å²) < 4.78 is 23.1. The van der Waals surface area contributed by atoms with E-state index in [0.29, 0.717) is 6.54 Å². The Kier molecular flexibility index (Phi) is 7.47. The van der Waals surface area contributed by atoms with Gasteiger partial charge in [-0.2, -0.15) is 0 Å². The van der Waals surface area contributed by atoms with E-state index >= 15 is 0 Å². The maximum absolute atomic E-state index is 12.6. The number of nitrogens with zero attached hydrogens (tertiary/aromatic N) is 2. The molecule has 1 atom stereocenters. The molecule has 1 saturated heterocycles. The molecule has 1 heterocycles. The number of hydrogen-bond acceptors (Lipinski definition) is 5. The minimum Gasteiger partial charge on any atom is -0.334 e. The Balaban J connectivity index is 1.59. The van der Waals surface area contributed by atoms with Gasteiger partial charge in [-0.05, 0) is 30.3 Å². The molecule has 0 saturated carbocycles. The van der Waals surface area contributed by atoms with Crippen LogP contribution in [0.4, 0.5) is 4.79 Å². The van der Waals surface area contributed by atoms with E-state index in [1.54, 1.807) is 24.3 Å². The second-order valence-electron chi connectivity index (χ2n) is 7.81. The van der Waals surface area contributed by atoms with Gasteiger partial charge in [0.15, 0.2) is 9.84 Å². The molecule has 1 aliphatic rings. The van der Waals surface area contributed by atoms with Crippen LogP contribution in [-0.4, -0.2) is 70.3 Å². The Morgan fingerprint density at radius 2 is 1.63 bits per heavy atom. The standard InChI is InChI=1S/C22H30N4O3S/c1-25-12-14-26(15-13-25)17-21(19-6-4-3-5-7-19)24-22(27)23-16-18-8-10-20(11-9-18)30(2,28)29/h3-11,21H,12-17H2,1-2H3,(H2,23,24,27). The van der Waals surface area contributed by atoms with Crippen molar-refractivity contribution < 1.29 is 13.2 Å². The van der Waals surface area contributed by atoms with Crippen molar-refractivity contribution >= 4 is 15.9 Å². The first-order valence-electron chi connectivity index (χ1n) is 10.1. The molecule has 30 heavy (non-hydrogen) atoms. The van der Waals surface area contributed by atoms with E-state index < -0.39 is 9.84 Å². The molecule has 1 aliphatic heterocycles.